The molecule has 0 aromatic heterocycles. The van der Waals surface area contributed by atoms with Crippen molar-refractivity contribution in [3.63, 3.8) is 0 Å². The van der Waals surface area contributed by atoms with E-state index < -0.39 is 0 Å². The number of likely N-dealkylation sites (tertiary alicyclic amines) is 1. The van der Waals surface area contributed by atoms with E-state index in [-0.39, 0.29) is 18.0 Å². The Kier molecular flexibility index (Phi) is 31.9. The number of hydrogen-bond donors (Lipinski definition) is 0. The van der Waals surface area contributed by atoms with Crippen molar-refractivity contribution < 1.29 is 19.1 Å². The number of carbonyl (C=O) groups is 2. The van der Waals surface area contributed by atoms with Crippen LogP contribution in [0.4, 0.5) is 0 Å². The minimum atomic E-state index is 0.000962. The molecule has 2 unspecified atom stereocenters. The van der Waals surface area contributed by atoms with Crippen LogP contribution in [-0.4, -0.2) is 49.2 Å². The van der Waals surface area contributed by atoms with Gasteiger partial charge in [0.2, 0.25) is 0 Å². The molecule has 0 spiro atoms. The van der Waals surface area contributed by atoms with Crippen molar-refractivity contribution in [3.8, 4) is 0 Å². The molecule has 1 rings (SSSR count). The lowest BCUT2D eigenvalue weighted by Gasteiger charge is -2.38. The molecule has 0 N–H and O–H groups in total. The molecule has 0 radical (unpaired) electrons. The Morgan fingerprint density at radius 3 is 1.61 bits per heavy atom. The molecule has 49 heavy (non-hydrogen) atoms. The van der Waals surface area contributed by atoms with Crippen molar-refractivity contribution in [2.45, 2.75) is 233 Å². The van der Waals surface area contributed by atoms with E-state index in [0.717, 1.165) is 64.6 Å². The van der Waals surface area contributed by atoms with Crippen LogP contribution in [0.2, 0.25) is 0 Å². The maximum absolute atomic E-state index is 12.9. The van der Waals surface area contributed by atoms with Crippen LogP contribution in [0.1, 0.15) is 227 Å². The van der Waals surface area contributed by atoms with E-state index in [1.165, 1.54) is 141 Å². The highest BCUT2D eigenvalue weighted by Gasteiger charge is 2.28. The first-order valence-electron chi connectivity index (χ1n) is 22.1. The van der Waals surface area contributed by atoms with Crippen molar-refractivity contribution in [3.05, 3.63) is 0 Å². The van der Waals surface area contributed by atoms with E-state index in [1.807, 2.05) is 0 Å². The second kappa shape index (κ2) is 34.0. The van der Waals surface area contributed by atoms with Crippen LogP contribution in [0.3, 0.4) is 0 Å². The molecule has 290 valence electrons. The van der Waals surface area contributed by atoms with Crippen molar-refractivity contribution >= 4 is 11.9 Å². The quantitative estimate of drug-likeness (QED) is 0.0489. The highest BCUT2D eigenvalue weighted by Crippen LogP contribution is 2.32. The Hall–Kier alpha value is -1.10. The fourth-order valence-corrected chi connectivity index (χ4v) is 7.79. The van der Waals surface area contributed by atoms with Crippen molar-refractivity contribution in [1.29, 1.82) is 0 Å². The minimum absolute atomic E-state index is 0.000962. The first-order valence-corrected chi connectivity index (χ1v) is 22.1. The van der Waals surface area contributed by atoms with Gasteiger partial charge in [-0.25, -0.2) is 0 Å². The fourth-order valence-electron chi connectivity index (χ4n) is 7.79. The second-order valence-electron chi connectivity index (χ2n) is 15.6. The number of carbonyl (C=O) groups excluding carboxylic acids is 2. The van der Waals surface area contributed by atoms with Gasteiger partial charge in [-0.2, -0.15) is 0 Å². The zero-order valence-corrected chi connectivity index (χ0v) is 33.6. The molecule has 1 heterocycles. The number of unbranched alkanes of at least 4 members (excludes halogenated alkanes) is 20. The largest absolute Gasteiger partial charge is 0.466 e. The summed E-state index contributed by atoms with van der Waals surface area (Å²) in [5, 5.41) is 0. The van der Waals surface area contributed by atoms with E-state index in [2.05, 4.69) is 32.6 Å². The summed E-state index contributed by atoms with van der Waals surface area (Å²) in [6.07, 6.45) is 36.8. The molecular formula is C44H85NO4. The highest BCUT2D eigenvalue weighted by atomic mass is 16.5. The van der Waals surface area contributed by atoms with E-state index in [9.17, 15) is 9.59 Å². The lowest BCUT2D eigenvalue weighted by molar-refractivity contribution is -0.150. The first-order chi connectivity index (χ1) is 24.0. The van der Waals surface area contributed by atoms with Gasteiger partial charge in [-0.05, 0) is 82.7 Å². The Labute approximate surface area is 306 Å². The molecule has 0 aromatic rings. The lowest BCUT2D eigenvalue weighted by atomic mass is 9.79. The normalized spacial score (nSPS) is 16.8. The number of rotatable bonds is 35. The molecule has 0 aromatic carbocycles. The summed E-state index contributed by atoms with van der Waals surface area (Å²) >= 11 is 0. The third kappa shape index (κ3) is 27.3. The number of piperidine rings is 1. The fraction of sp³-hybridized carbons (Fsp3) is 0.955. The monoisotopic (exact) mass is 692 g/mol. The molecule has 2 atom stereocenters. The minimum Gasteiger partial charge on any atom is -0.466 e. The molecule has 0 aliphatic carbocycles. The number of hydrogen-bond acceptors (Lipinski definition) is 5. The van der Waals surface area contributed by atoms with Gasteiger partial charge in [-0.3, -0.25) is 9.59 Å². The summed E-state index contributed by atoms with van der Waals surface area (Å²) in [5.74, 6) is 1.28. The van der Waals surface area contributed by atoms with Crippen molar-refractivity contribution in [2.75, 3.05) is 26.2 Å². The van der Waals surface area contributed by atoms with E-state index in [4.69, 9.17) is 9.47 Å². The van der Waals surface area contributed by atoms with E-state index in [0.29, 0.717) is 31.3 Å². The predicted molar refractivity (Wildman–Crippen MR) is 210 cm³/mol. The number of nitrogens with zero attached hydrogens (tertiary/aromatic N) is 1. The smallest absolute Gasteiger partial charge is 0.306 e. The van der Waals surface area contributed by atoms with Gasteiger partial charge in [0, 0.05) is 19.4 Å². The third-order valence-electron chi connectivity index (χ3n) is 11.2. The summed E-state index contributed by atoms with van der Waals surface area (Å²) in [7, 11) is 0. The molecule has 0 bridgehead atoms. The van der Waals surface area contributed by atoms with Gasteiger partial charge in [-0.1, -0.05) is 156 Å². The molecule has 1 aliphatic rings. The Morgan fingerprint density at radius 2 is 1.06 bits per heavy atom. The molecule has 5 heteroatoms. The average Bonchev–Trinajstić information content (AvgIpc) is 3.11. The third-order valence-corrected chi connectivity index (χ3v) is 11.2. The average molecular weight is 692 g/mol. The van der Waals surface area contributed by atoms with Crippen LogP contribution in [0.5, 0.6) is 0 Å². The SMILES string of the molecule is CCCCCCCCCCCOC(=O)CCC1CCN(CC)CC1CCCCCC(=O)OC(CCCCCCCC)CCCCCCCC. The lowest BCUT2D eigenvalue weighted by Crippen LogP contribution is -2.40. The number of esters is 2. The summed E-state index contributed by atoms with van der Waals surface area (Å²) in [4.78, 5) is 28.0. The standard InChI is InChI=1S/C44H85NO4/c1-5-9-12-15-18-19-20-23-29-38-48-43(46)35-34-40-36-37-45(8-4)39-41(40)30-25-24-28-33-44(47)49-42(31-26-21-16-13-10-6-2)32-27-22-17-14-11-7-3/h40-42H,5-39H2,1-4H3. The molecule has 1 fully saturated rings. The predicted octanol–water partition coefficient (Wildman–Crippen LogP) is 13.2. The second-order valence-corrected chi connectivity index (χ2v) is 15.6. The van der Waals surface area contributed by atoms with Gasteiger partial charge in [0.25, 0.3) is 0 Å². The van der Waals surface area contributed by atoms with E-state index >= 15 is 0 Å². The van der Waals surface area contributed by atoms with Gasteiger partial charge < -0.3 is 14.4 Å². The summed E-state index contributed by atoms with van der Waals surface area (Å²) in [6.45, 7) is 13.1. The first kappa shape index (κ1) is 45.9. The van der Waals surface area contributed by atoms with Crippen LogP contribution < -0.4 is 0 Å². The van der Waals surface area contributed by atoms with Crippen molar-refractivity contribution in [2.24, 2.45) is 11.8 Å². The van der Waals surface area contributed by atoms with Crippen LogP contribution >= 0.6 is 0 Å². The van der Waals surface area contributed by atoms with E-state index in [1.54, 1.807) is 0 Å². The number of ether oxygens (including phenoxy) is 2. The Morgan fingerprint density at radius 1 is 0.551 bits per heavy atom. The summed E-state index contributed by atoms with van der Waals surface area (Å²) in [5.41, 5.74) is 0. The molecule has 0 saturated carbocycles. The highest BCUT2D eigenvalue weighted by molar-refractivity contribution is 5.69. The maximum Gasteiger partial charge on any atom is 0.306 e. The summed E-state index contributed by atoms with van der Waals surface area (Å²) < 4.78 is 11.7. The molecular weight excluding hydrogens is 606 g/mol. The maximum atomic E-state index is 12.9. The summed E-state index contributed by atoms with van der Waals surface area (Å²) in [6, 6.07) is 0. The topological polar surface area (TPSA) is 55.8 Å². The van der Waals surface area contributed by atoms with Gasteiger partial charge in [-0.15, -0.1) is 0 Å². The van der Waals surface area contributed by atoms with Crippen LogP contribution in [0.25, 0.3) is 0 Å². The van der Waals surface area contributed by atoms with Crippen LogP contribution in [0, 0.1) is 11.8 Å². The Bertz CT molecular complexity index is 726. The molecule has 0 amide bonds. The van der Waals surface area contributed by atoms with Gasteiger partial charge in [0.15, 0.2) is 0 Å². The molecule has 5 nitrogen and oxygen atoms in total. The molecule has 1 saturated heterocycles. The van der Waals surface area contributed by atoms with Gasteiger partial charge >= 0.3 is 11.9 Å². The van der Waals surface area contributed by atoms with Crippen molar-refractivity contribution in [1.82, 2.24) is 4.90 Å². The van der Waals surface area contributed by atoms with Gasteiger partial charge in [0.1, 0.15) is 6.10 Å². The van der Waals surface area contributed by atoms with Gasteiger partial charge in [0.05, 0.1) is 6.61 Å². The zero-order valence-electron chi connectivity index (χ0n) is 33.6. The Balaban J connectivity index is 2.31. The van der Waals surface area contributed by atoms with Crippen LogP contribution in [-0.2, 0) is 19.1 Å². The zero-order chi connectivity index (χ0) is 35.6. The molecule has 1 aliphatic heterocycles. The van der Waals surface area contributed by atoms with Crippen LogP contribution in [0.15, 0.2) is 0 Å².